The van der Waals surface area contributed by atoms with Crippen LogP contribution in [-0.2, 0) is 16.1 Å². The fraction of sp³-hybridized carbons (Fsp3) is 0.167. The van der Waals surface area contributed by atoms with Gasteiger partial charge in [-0.1, -0.05) is 24.3 Å². The Labute approximate surface area is 134 Å². The van der Waals surface area contributed by atoms with Crippen molar-refractivity contribution in [1.82, 2.24) is 0 Å². The highest BCUT2D eigenvalue weighted by molar-refractivity contribution is 5.94. The molecule has 0 fully saturated rings. The third-order valence-corrected chi connectivity index (χ3v) is 3.08. The zero-order valence-electron chi connectivity index (χ0n) is 12.6. The van der Waals surface area contributed by atoms with Gasteiger partial charge in [0.05, 0.1) is 11.6 Å². The molecule has 0 heterocycles. The van der Waals surface area contributed by atoms with Crippen LogP contribution >= 0.6 is 0 Å². The fourth-order valence-electron chi connectivity index (χ4n) is 1.83. The lowest BCUT2D eigenvalue weighted by molar-refractivity contribution is -0.147. The molecule has 2 aromatic rings. The number of esters is 1. The number of rotatable bonds is 6. The number of hydrogen-bond acceptors (Lipinski definition) is 5. The van der Waals surface area contributed by atoms with Crippen LogP contribution in [0.4, 0.5) is 0 Å². The van der Waals surface area contributed by atoms with E-state index < -0.39 is 5.97 Å². The first-order valence-electron chi connectivity index (χ1n) is 6.97. The smallest absolute Gasteiger partial charge is 0.344 e. The largest absolute Gasteiger partial charge is 0.482 e. The molecule has 0 amide bonds. The molecule has 0 saturated heterocycles. The van der Waals surface area contributed by atoms with Crippen molar-refractivity contribution in [3.63, 3.8) is 0 Å². The lowest BCUT2D eigenvalue weighted by Gasteiger charge is -2.08. The molecule has 5 nitrogen and oxygen atoms in total. The van der Waals surface area contributed by atoms with Crippen molar-refractivity contribution in [2.24, 2.45) is 0 Å². The Morgan fingerprint density at radius 2 is 1.87 bits per heavy atom. The number of benzene rings is 2. The molecule has 0 aliphatic heterocycles. The minimum Gasteiger partial charge on any atom is -0.482 e. The van der Waals surface area contributed by atoms with Crippen LogP contribution in [0.25, 0.3) is 0 Å². The first-order chi connectivity index (χ1) is 11.1. The summed E-state index contributed by atoms with van der Waals surface area (Å²) in [4.78, 5) is 22.9. The van der Waals surface area contributed by atoms with Gasteiger partial charge in [0.1, 0.15) is 12.4 Å². The molecule has 2 rings (SSSR count). The Morgan fingerprint density at radius 1 is 1.13 bits per heavy atom. The average molecular weight is 309 g/mol. The molecule has 0 spiro atoms. The molecule has 0 N–H and O–H groups in total. The summed E-state index contributed by atoms with van der Waals surface area (Å²) in [6, 6.07) is 15.4. The van der Waals surface area contributed by atoms with E-state index in [9.17, 15) is 9.59 Å². The minimum absolute atomic E-state index is 0.0705. The number of ether oxygens (including phenoxy) is 2. The van der Waals surface area contributed by atoms with E-state index in [-0.39, 0.29) is 19.0 Å². The summed E-state index contributed by atoms with van der Waals surface area (Å²) in [5.74, 6) is -0.144. The quantitative estimate of drug-likeness (QED) is 0.606. The van der Waals surface area contributed by atoms with Gasteiger partial charge in [-0.05, 0) is 36.8 Å². The van der Waals surface area contributed by atoms with Crippen LogP contribution in [0.2, 0.25) is 0 Å². The summed E-state index contributed by atoms with van der Waals surface area (Å²) in [7, 11) is 0. The van der Waals surface area contributed by atoms with E-state index >= 15 is 0 Å². The fourth-order valence-corrected chi connectivity index (χ4v) is 1.83. The summed E-state index contributed by atoms with van der Waals surface area (Å²) in [5, 5.41) is 8.71. The van der Waals surface area contributed by atoms with E-state index in [2.05, 4.69) is 0 Å². The summed E-state index contributed by atoms with van der Waals surface area (Å²) in [6.07, 6.45) is 0. The van der Waals surface area contributed by atoms with E-state index in [1.807, 2.05) is 6.07 Å². The molecule has 116 valence electrons. The lowest BCUT2D eigenvalue weighted by atomic mass is 10.1. The maximum atomic E-state index is 11.7. The van der Waals surface area contributed by atoms with Gasteiger partial charge in [0.15, 0.2) is 12.4 Å². The van der Waals surface area contributed by atoms with Crippen molar-refractivity contribution >= 4 is 11.8 Å². The summed E-state index contributed by atoms with van der Waals surface area (Å²) in [6.45, 7) is 1.34. The number of nitrogens with zero attached hydrogens (tertiary/aromatic N) is 1. The normalized spacial score (nSPS) is 9.74. The monoisotopic (exact) mass is 309 g/mol. The maximum absolute atomic E-state index is 11.7. The van der Waals surface area contributed by atoms with Gasteiger partial charge in [-0.3, -0.25) is 4.79 Å². The standard InChI is InChI=1S/C18H15NO4/c1-13(20)16-3-2-4-17(9-16)22-12-18(21)23-11-15-7-5-14(10-19)6-8-15/h2-9H,11-12H2,1H3. The number of carbonyl (C=O) groups excluding carboxylic acids is 2. The third-order valence-electron chi connectivity index (χ3n) is 3.08. The first-order valence-corrected chi connectivity index (χ1v) is 6.97. The second-order valence-electron chi connectivity index (χ2n) is 4.84. The van der Waals surface area contributed by atoms with Crippen LogP contribution in [0.1, 0.15) is 28.4 Å². The Balaban J connectivity index is 1.82. The van der Waals surface area contributed by atoms with E-state index in [0.29, 0.717) is 16.9 Å². The predicted octanol–water partition coefficient (Wildman–Crippen LogP) is 2.88. The molecule has 0 atom stereocenters. The van der Waals surface area contributed by atoms with E-state index in [4.69, 9.17) is 14.7 Å². The van der Waals surface area contributed by atoms with Gasteiger partial charge in [-0.2, -0.15) is 5.26 Å². The number of carbonyl (C=O) groups is 2. The molecule has 0 aromatic heterocycles. The summed E-state index contributed by atoms with van der Waals surface area (Å²) in [5.41, 5.74) is 1.86. The highest BCUT2D eigenvalue weighted by Crippen LogP contribution is 2.14. The van der Waals surface area contributed by atoms with Gasteiger partial charge in [0.25, 0.3) is 0 Å². The molecule has 0 aliphatic rings. The van der Waals surface area contributed by atoms with Crippen molar-refractivity contribution < 1.29 is 19.1 Å². The summed E-state index contributed by atoms with van der Waals surface area (Å²) < 4.78 is 10.4. The van der Waals surface area contributed by atoms with Crippen LogP contribution < -0.4 is 4.74 Å². The van der Waals surface area contributed by atoms with Crippen LogP contribution in [0.3, 0.4) is 0 Å². The van der Waals surface area contributed by atoms with Crippen molar-refractivity contribution in [1.29, 1.82) is 5.26 Å². The molecule has 23 heavy (non-hydrogen) atoms. The second-order valence-corrected chi connectivity index (χ2v) is 4.84. The molecule has 2 aromatic carbocycles. The van der Waals surface area contributed by atoms with Crippen LogP contribution in [0, 0.1) is 11.3 Å². The number of Topliss-reactive ketones (excluding diaryl/α,β-unsaturated/α-hetero) is 1. The molecular formula is C18H15NO4. The molecule has 0 bridgehead atoms. The van der Waals surface area contributed by atoms with E-state index in [1.165, 1.54) is 6.92 Å². The van der Waals surface area contributed by atoms with Gasteiger partial charge in [0.2, 0.25) is 0 Å². The zero-order valence-corrected chi connectivity index (χ0v) is 12.6. The summed E-state index contributed by atoms with van der Waals surface area (Å²) >= 11 is 0. The van der Waals surface area contributed by atoms with Crippen molar-refractivity contribution in [2.45, 2.75) is 13.5 Å². The molecule has 0 saturated carbocycles. The molecular weight excluding hydrogens is 294 g/mol. The van der Waals surface area contributed by atoms with E-state index in [1.54, 1.807) is 48.5 Å². The SMILES string of the molecule is CC(=O)c1cccc(OCC(=O)OCc2ccc(C#N)cc2)c1. The van der Waals surface area contributed by atoms with Crippen molar-refractivity contribution in [3.8, 4) is 11.8 Å². The predicted molar refractivity (Wildman–Crippen MR) is 82.9 cm³/mol. The Bertz CT molecular complexity index is 744. The van der Waals surface area contributed by atoms with Crippen LogP contribution in [0.5, 0.6) is 5.75 Å². The van der Waals surface area contributed by atoms with Gasteiger partial charge in [0, 0.05) is 5.56 Å². The Hall–Kier alpha value is -3.13. The molecule has 0 unspecified atom stereocenters. The van der Waals surface area contributed by atoms with E-state index in [0.717, 1.165) is 5.56 Å². The second kappa shape index (κ2) is 7.76. The van der Waals surface area contributed by atoms with Crippen molar-refractivity contribution in [3.05, 3.63) is 65.2 Å². The average Bonchev–Trinajstić information content (AvgIpc) is 2.58. The van der Waals surface area contributed by atoms with Crippen molar-refractivity contribution in [2.75, 3.05) is 6.61 Å². The Morgan fingerprint density at radius 3 is 2.52 bits per heavy atom. The number of nitriles is 1. The molecule has 5 heteroatoms. The zero-order chi connectivity index (χ0) is 16.7. The Kier molecular flexibility index (Phi) is 5.48. The highest BCUT2D eigenvalue weighted by Gasteiger charge is 2.06. The maximum Gasteiger partial charge on any atom is 0.344 e. The topological polar surface area (TPSA) is 76.4 Å². The lowest BCUT2D eigenvalue weighted by Crippen LogP contribution is -2.14. The third kappa shape index (κ3) is 4.97. The van der Waals surface area contributed by atoms with Gasteiger partial charge < -0.3 is 9.47 Å². The molecule has 0 aliphatic carbocycles. The van der Waals surface area contributed by atoms with Gasteiger partial charge in [-0.25, -0.2) is 4.79 Å². The van der Waals surface area contributed by atoms with Crippen LogP contribution in [-0.4, -0.2) is 18.4 Å². The van der Waals surface area contributed by atoms with Gasteiger partial charge in [-0.15, -0.1) is 0 Å². The minimum atomic E-state index is -0.511. The highest BCUT2D eigenvalue weighted by atomic mass is 16.6. The van der Waals surface area contributed by atoms with Gasteiger partial charge >= 0.3 is 5.97 Å². The van der Waals surface area contributed by atoms with Crippen LogP contribution in [0.15, 0.2) is 48.5 Å². The number of hydrogen-bond donors (Lipinski definition) is 0. The number of ketones is 1. The first kappa shape index (κ1) is 16.2. The molecule has 0 radical (unpaired) electrons.